The normalized spacial score (nSPS) is 15.6. The number of halogens is 3. The zero-order valence-electron chi connectivity index (χ0n) is 9.23. The van der Waals surface area contributed by atoms with E-state index >= 15 is 0 Å². The zero-order chi connectivity index (χ0) is 11.4. The van der Waals surface area contributed by atoms with Crippen LogP contribution in [0.1, 0.15) is 0 Å². The van der Waals surface area contributed by atoms with Gasteiger partial charge in [-0.1, -0.05) is 12.1 Å². The molecule has 0 radical (unpaired) electrons. The monoisotopic (exact) mass is 264 g/mol. The first-order valence-corrected chi connectivity index (χ1v) is 5.27. The van der Waals surface area contributed by atoms with Crippen LogP contribution < -0.4 is 15.0 Å². The van der Waals surface area contributed by atoms with Crippen LogP contribution in [0.5, 0.6) is 5.75 Å². The van der Waals surface area contributed by atoms with E-state index in [2.05, 4.69) is 10.1 Å². The lowest BCUT2D eigenvalue weighted by Crippen LogP contribution is -2.43. The van der Waals surface area contributed by atoms with E-state index in [-0.39, 0.29) is 18.2 Å². The van der Waals surface area contributed by atoms with Crippen LogP contribution in [-0.2, 0) is 0 Å². The van der Waals surface area contributed by atoms with Gasteiger partial charge >= 0.3 is 6.61 Å². The third-order valence-electron chi connectivity index (χ3n) is 2.54. The van der Waals surface area contributed by atoms with Gasteiger partial charge in [0.2, 0.25) is 0 Å². The highest BCUT2D eigenvalue weighted by atomic mass is 35.5. The Morgan fingerprint density at radius 3 is 2.47 bits per heavy atom. The highest BCUT2D eigenvalue weighted by Gasteiger charge is 2.16. The first-order valence-electron chi connectivity index (χ1n) is 5.27. The Hall–Kier alpha value is -1.07. The lowest BCUT2D eigenvalue weighted by atomic mass is 10.2. The fraction of sp³-hybridized carbons (Fsp3) is 0.455. The maximum atomic E-state index is 12.2. The third-order valence-corrected chi connectivity index (χ3v) is 2.54. The van der Waals surface area contributed by atoms with Crippen molar-refractivity contribution in [1.29, 1.82) is 0 Å². The standard InChI is InChI=1S/C11H14F2N2O.ClH/c12-11(13)16-10-4-2-1-3-9(10)15-7-5-14-6-8-15;/h1-4,11,14H,5-8H2;1H. The van der Waals surface area contributed by atoms with Crippen LogP contribution in [0.2, 0.25) is 0 Å². The van der Waals surface area contributed by atoms with Gasteiger partial charge in [-0.2, -0.15) is 8.78 Å². The summed E-state index contributed by atoms with van der Waals surface area (Å²) in [5, 5.41) is 3.21. The molecule has 1 aromatic rings. The Morgan fingerprint density at radius 2 is 1.82 bits per heavy atom. The predicted octanol–water partition coefficient (Wildman–Crippen LogP) is 2.12. The molecule has 1 heterocycles. The molecule has 1 aromatic carbocycles. The van der Waals surface area contributed by atoms with Crippen molar-refractivity contribution in [2.75, 3.05) is 31.1 Å². The summed E-state index contributed by atoms with van der Waals surface area (Å²) in [6.07, 6.45) is 0. The van der Waals surface area contributed by atoms with Crippen LogP contribution in [0, 0.1) is 0 Å². The topological polar surface area (TPSA) is 24.5 Å². The smallest absolute Gasteiger partial charge is 0.387 e. The van der Waals surface area contributed by atoms with Gasteiger partial charge in [-0.05, 0) is 12.1 Å². The second kappa shape index (κ2) is 6.61. The molecule has 0 unspecified atom stereocenters. The van der Waals surface area contributed by atoms with E-state index in [1.807, 2.05) is 17.0 Å². The Balaban J connectivity index is 0.00000144. The molecular weight excluding hydrogens is 250 g/mol. The number of nitrogens with one attached hydrogen (secondary N) is 1. The number of alkyl halides is 2. The van der Waals surface area contributed by atoms with Crippen LogP contribution in [0.3, 0.4) is 0 Å². The highest BCUT2D eigenvalue weighted by Crippen LogP contribution is 2.29. The second-order valence-corrected chi connectivity index (χ2v) is 3.58. The van der Waals surface area contributed by atoms with Gasteiger partial charge in [0.15, 0.2) is 0 Å². The van der Waals surface area contributed by atoms with E-state index in [9.17, 15) is 8.78 Å². The summed E-state index contributed by atoms with van der Waals surface area (Å²) in [5.74, 6) is 0.249. The number of benzene rings is 1. The molecular formula is C11H15ClF2N2O. The van der Waals surface area contributed by atoms with E-state index < -0.39 is 6.61 Å². The lowest BCUT2D eigenvalue weighted by molar-refractivity contribution is -0.0495. The SMILES string of the molecule is Cl.FC(F)Oc1ccccc1N1CCNCC1. The van der Waals surface area contributed by atoms with Gasteiger partial charge in [0.05, 0.1) is 5.69 Å². The summed E-state index contributed by atoms with van der Waals surface area (Å²) < 4.78 is 28.9. The van der Waals surface area contributed by atoms with E-state index in [1.165, 1.54) is 0 Å². The molecule has 17 heavy (non-hydrogen) atoms. The first-order chi connectivity index (χ1) is 7.77. The number of para-hydroxylation sites is 2. The molecule has 0 spiro atoms. The maximum absolute atomic E-state index is 12.2. The van der Waals surface area contributed by atoms with Crippen molar-refractivity contribution in [1.82, 2.24) is 5.32 Å². The quantitative estimate of drug-likeness (QED) is 0.905. The van der Waals surface area contributed by atoms with Gasteiger partial charge < -0.3 is 15.0 Å². The number of hydrogen-bond acceptors (Lipinski definition) is 3. The molecule has 0 aromatic heterocycles. The summed E-state index contributed by atoms with van der Waals surface area (Å²) in [7, 11) is 0. The number of anilines is 1. The van der Waals surface area contributed by atoms with Crippen LogP contribution in [0.25, 0.3) is 0 Å². The molecule has 1 N–H and O–H groups in total. The van der Waals surface area contributed by atoms with E-state index in [1.54, 1.807) is 12.1 Å². The van der Waals surface area contributed by atoms with E-state index in [0.717, 1.165) is 31.9 Å². The predicted molar refractivity (Wildman–Crippen MR) is 65.4 cm³/mol. The summed E-state index contributed by atoms with van der Waals surface area (Å²) >= 11 is 0. The zero-order valence-corrected chi connectivity index (χ0v) is 10.1. The minimum absolute atomic E-state index is 0. The van der Waals surface area contributed by atoms with Crippen molar-refractivity contribution >= 4 is 18.1 Å². The van der Waals surface area contributed by atoms with Gasteiger partial charge in [0, 0.05) is 26.2 Å². The Kier molecular flexibility index (Phi) is 5.44. The van der Waals surface area contributed by atoms with Gasteiger partial charge in [-0.15, -0.1) is 12.4 Å². The molecule has 0 aliphatic carbocycles. The molecule has 1 aliphatic rings. The average Bonchev–Trinajstić information content (AvgIpc) is 2.30. The minimum Gasteiger partial charge on any atom is -0.433 e. The molecule has 0 amide bonds. The molecule has 0 atom stereocenters. The summed E-state index contributed by atoms with van der Waals surface area (Å²) in [5.41, 5.74) is 0.740. The maximum Gasteiger partial charge on any atom is 0.387 e. The lowest BCUT2D eigenvalue weighted by Gasteiger charge is -2.30. The van der Waals surface area contributed by atoms with Crippen molar-refractivity contribution in [3.63, 3.8) is 0 Å². The number of rotatable bonds is 3. The summed E-state index contributed by atoms with van der Waals surface area (Å²) in [4.78, 5) is 2.05. The molecule has 96 valence electrons. The molecule has 3 nitrogen and oxygen atoms in total. The molecule has 1 fully saturated rings. The molecule has 1 aliphatic heterocycles. The van der Waals surface area contributed by atoms with Crippen LogP contribution in [0.15, 0.2) is 24.3 Å². The average molecular weight is 265 g/mol. The van der Waals surface area contributed by atoms with Crippen LogP contribution in [-0.4, -0.2) is 32.8 Å². The van der Waals surface area contributed by atoms with Crippen molar-refractivity contribution in [3.8, 4) is 5.75 Å². The van der Waals surface area contributed by atoms with Crippen LogP contribution in [0.4, 0.5) is 14.5 Å². The fourth-order valence-electron chi connectivity index (χ4n) is 1.82. The molecule has 0 saturated carbocycles. The van der Waals surface area contributed by atoms with Crippen LogP contribution >= 0.6 is 12.4 Å². The number of piperazine rings is 1. The summed E-state index contributed by atoms with van der Waals surface area (Å²) in [6, 6.07) is 6.91. The van der Waals surface area contributed by atoms with Crippen molar-refractivity contribution in [2.24, 2.45) is 0 Å². The molecule has 1 saturated heterocycles. The highest BCUT2D eigenvalue weighted by molar-refractivity contribution is 5.85. The third kappa shape index (κ3) is 3.71. The van der Waals surface area contributed by atoms with Gasteiger partial charge in [0.25, 0.3) is 0 Å². The number of ether oxygens (including phenoxy) is 1. The number of hydrogen-bond donors (Lipinski definition) is 1. The van der Waals surface area contributed by atoms with Crippen molar-refractivity contribution < 1.29 is 13.5 Å². The van der Waals surface area contributed by atoms with Gasteiger partial charge in [0.1, 0.15) is 5.75 Å². The number of nitrogens with zero attached hydrogens (tertiary/aromatic N) is 1. The minimum atomic E-state index is -2.77. The van der Waals surface area contributed by atoms with E-state index in [4.69, 9.17) is 0 Å². The van der Waals surface area contributed by atoms with Gasteiger partial charge in [-0.25, -0.2) is 0 Å². The second-order valence-electron chi connectivity index (χ2n) is 3.58. The molecule has 6 heteroatoms. The van der Waals surface area contributed by atoms with Gasteiger partial charge in [-0.3, -0.25) is 0 Å². The molecule has 0 bridgehead atoms. The summed E-state index contributed by atoms with van der Waals surface area (Å²) in [6.45, 7) is 0.572. The Bertz CT molecular complexity index is 346. The largest absolute Gasteiger partial charge is 0.433 e. The van der Waals surface area contributed by atoms with Crippen molar-refractivity contribution in [3.05, 3.63) is 24.3 Å². The fourth-order valence-corrected chi connectivity index (χ4v) is 1.82. The Morgan fingerprint density at radius 1 is 1.18 bits per heavy atom. The first kappa shape index (κ1) is 14.0. The molecule has 2 rings (SSSR count). The van der Waals surface area contributed by atoms with E-state index in [0.29, 0.717) is 0 Å². The van der Waals surface area contributed by atoms with Crippen molar-refractivity contribution in [2.45, 2.75) is 6.61 Å². The Labute approximate surface area is 105 Å².